The lowest BCUT2D eigenvalue weighted by atomic mass is 10.1. The predicted molar refractivity (Wildman–Crippen MR) is 95.0 cm³/mol. The Morgan fingerprint density at radius 2 is 1.93 bits per heavy atom. The first-order valence-electron chi connectivity index (χ1n) is 7.17. The molecule has 2 aromatic rings. The molecule has 0 aliphatic rings. The third kappa shape index (κ3) is 4.80. The number of benzene rings is 2. The van der Waals surface area contributed by atoms with Crippen LogP contribution in [0.25, 0.3) is 6.08 Å². The van der Waals surface area contributed by atoms with Crippen molar-refractivity contribution in [3.63, 3.8) is 0 Å². The molecular weight excluding hydrogens is 383 g/mol. The molecule has 0 amide bonds. The zero-order valence-electron chi connectivity index (χ0n) is 13.4. The van der Waals surface area contributed by atoms with E-state index in [2.05, 4.69) is 0 Å². The van der Waals surface area contributed by atoms with Crippen LogP contribution in [0.5, 0.6) is 11.5 Å². The number of hydrogen-bond donors (Lipinski definition) is 1. The number of ether oxygens (including phenoxy) is 1. The lowest BCUT2D eigenvalue weighted by molar-refractivity contribution is -0.385. The fourth-order valence-corrected chi connectivity index (χ4v) is 2.15. The third-order valence-corrected chi connectivity index (χ3v) is 3.53. The van der Waals surface area contributed by atoms with Gasteiger partial charge >= 0.3 is 11.9 Å². The molecule has 0 aliphatic carbocycles. The van der Waals surface area contributed by atoms with Gasteiger partial charge in [0, 0.05) is 11.6 Å². The normalized spacial score (nSPS) is 11.6. The van der Waals surface area contributed by atoms with Gasteiger partial charge in [-0.25, -0.2) is 0 Å². The van der Waals surface area contributed by atoms with Gasteiger partial charge in [0.25, 0.3) is 0 Å². The number of nitrogens with two attached hydrogens (primary N) is 1. The van der Waals surface area contributed by atoms with Crippen LogP contribution in [0.1, 0.15) is 11.1 Å². The molecular formula is C17H10F3N3O3S. The SMILES string of the molecule is N#CC(=Cc1ccccc1Oc1ccc(C(F)(F)F)cc1[N+](=O)[O-])C(N)=S. The number of rotatable bonds is 5. The standard InChI is InChI=1S/C17H10F3N3O3S/c18-17(19,20)12-5-6-15(13(8-12)23(24)25)26-14-4-2-1-3-10(14)7-11(9-21)16(22)27/h1-8H,(H2,22,27). The minimum absolute atomic E-state index is 0.0250. The molecule has 10 heteroatoms. The third-order valence-electron chi connectivity index (χ3n) is 3.31. The number of nitriles is 1. The molecule has 138 valence electrons. The number of para-hydroxylation sites is 1. The first-order valence-corrected chi connectivity index (χ1v) is 7.58. The number of nitrogens with zero attached hydrogens (tertiary/aromatic N) is 2. The lowest BCUT2D eigenvalue weighted by Crippen LogP contribution is -2.09. The summed E-state index contributed by atoms with van der Waals surface area (Å²) in [4.78, 5) is 10.0. The average molecular weight is 393 g/mol. The monoisotopic (exact) mass is 393 g/mol. The molecule has 0 saturated carbocycles. The number of nitro groups is 1. The summed E-state index contributed by atoms with van der Waals surface area (Å²) in [5, 5.41) is 20.2. The van der Waals surface area contributed by atoms with Gasteiger partial charge in [-0.05, 0) is 24.3 Å². The second-order valence-corrected chi connectivity index (χ2v) is 5.55. The minimum Gasteiger partial charge on any atom is -0.449 e. The van der Waals surface area contributed by atoms with Gasteiger partial charge in [-0.15, -0.1) is 0 Å². The maximum atomic E-state index is 12.8. The van der Waals surface area contributed by atoms with Crippen LogP contribution in [0.4, 0.5) is 18.9 Å². The summed E-state index contributed by atoms with van der Waals surface area (Å²) in [6.45, 7) is 0. The molecule has 27 heavy (non-hydrogen) atoms. The maximum absolute atomic E-state index is 12.8. The van der Waals surface area contributed by atoms with Gasteiger partial charge in [-0.2, -0.15) is 18.4 Å². The molecule has 0 heterocycles. The Bertz CT molecular complexity index is 981. The van der Waals surface area contributed by atoms with Crippen molar-refractivity contribution in [2.75, 3.05) is 0 Å². The van der Waals surface area contributed by atoms with Gasteiger partial charge in [0.2, 0.25) is 5.75 Å². The summed E-state index contributed by atoms with van der Waals surface area (Å²) < 4.78 is 43.8. The second kappa shape index (κ2) is 7.84. The van der Waals surface area contributed by atoms with Gasteiger partial charge in [0.1, 0.15) is 16.8 Å². The Balaban J connectivity index is 2.51. The van der Waals surface area contributed by atoms with Crippen molar-refractivity contribution in [2.24, 2.45) is 5.73 Å². The van der Waals surface area contributed by atoms with Crippen LogP contribution in [-0.4, -0.2) is 9.91 Å². The van der Waals surface area contributed by atoms with E-state index in [1.165, 1.54) is 18.2 Å². The molecule has 0 saturated heterocycles. The largest absolute Gasteiger partial charge is 0.449 e. The van der Waals surface area contributed by atoms with Crippen LogP contribution in [0.15, 0.2) is 48.0 Å². The van der Waals surface area contributed by atoms with Crippen molar-refractivity contribution < 1.29 is 22.8 Å². The fraction of sp³-hybridized carbons (Fsp3) is 0.0588. The van der Waals surface area contributed by atoms with Crippen LogP contribution in [0, 0.1) is 21.4 Å². The summed E-state index contributed by atoms with van der Waals surface area (Å²) in [5.74, 6) is -0.313. The number of thiocarbonyl (C=S) groups is 1. The molecule has 2 rings (SSSR count). The zero-order chi connectivity index (χ0) is 20.2. The molecule has 0 bridgehead atoms. The van der Waals surface area contributed by atoms with Gasteiger partial charge < -0.3 is 10.5 Å². The Morgan fingerprint density at radius 3 is 2.48 bits per heavy atom. The fourth-order valence-electron chi connectivity index (χ4n) is 2.05. The van der Waals surface area contributed by atoms with E-state index in [0.717, 1.165) is 6.07 Å². The Hall–Kier alpha value is -3.45. The topological polar surface area (TPSA) is 102 Å². The zero-order valence-corrected chi connectivity index (χ0v) is 14.2. The van der Waals surface area contributed by atoms with Crippen molar-refractivity contribution in [3.8, 4) is 17.6 Å². The highest BCUT2D eigenvalue weighted by Gasteiger charge is 2.33. The maximum Gasteiger partial charge on any atom is 0.416 e. The summed E-state index contributed by atoms with van der Waals surface area (Å²) >= 11 is 4.74. The first kappa shape index (κ1) is 19.9. The molecule has 0 spiro atoms. The van der Waals surface area contributed by atoms with Gasteiger partial charge in [0.05, 0.1) is 16.1 Å². The van der Waals surface area contributed by atoms with Crippen LogP contribution >= 0.6 is 12.2 Å². The van der Waals surface area contributed by atoms with E-state index in [0.29, 0.717) is 17.7 Å². The van der Waals surface area contributed by atoms with Crippen molar-refractivity contribution >= 4 is 29.0 Å². The lowest BCUT2D eigenvalue weighted by Gasteiger charge is -2.11. The van der Waals surface area contributed by atoms with E-state index < -0.39 is 22.4 Å². The Kier molecular flexibility index (Phi) is 5.77. The van der Waals surface area contributed by atoms with Gasteiger partial charge in [-0.3, -0.25) is 10.1 Å². The van der Waals surface area contributed by atoms with Crippen molar-refractivity contribution in [3.05, 3.63) is 69.3 Å². The minimum atomic E-state index is -4.73. The van der Waals surface area contributed by atoms with Crippen molar-refractivity contribution in [1.29, 1.82) is 5.26 Å². The molecule has 0 aliphatic heterocycles. The number of nitro benzene ring substituents is 1. The molecule has 0 atom stereocenters. The van der Waals surface area contributed by atoms with Crippen LogP contribution < -0.4 is 10.5 Å². The molecule has 6 nitrogen and oxygen atoms in total. The molecule has 0 aromatic heterocycles. The smallest absolute Gasteiger partial charge is 0.416 e. The first-order chi connectivity index (χ1) is 12.6. The van der Waals surface area contributed by atoms with Crippen LogP contribution in [-0.2, 0) is 6.18 Å². The highest BCUT2D eigenvalue weighted by molar-refractivity contribution is 7.80. The van der Waals surface area contributed by atoms with Crippen molar-refractivity contribution in [2.45, 2.75) is 6.18 Å². The van der Waals surface area contributed by atoms with Gasteiger partial charge in [0.15, 0.2) is 0 Å². The summed E-state index contributed by atoms with van der Waals surface area (Å²) in [5.41, 5.74) is 3.69. The van der Waals surface area contributed by atoms with E-state index in [-0.39, 0.29) is 22.1 Å². The molecule has 2 aromatic carbocycles. The molecule has 0 unspecified atom stereocenters. The predicted octanol–water partition coefficient (Wildman–Crippen LogP) is 4.60. The number of halogens is 3. The Morgan fingerprint density at radius 1 is 1.26 bits per heavy atom. The highest BCUT2D eigenvalue weighted by Crippen LogP contribution is 2.38. The van der Waals surface area contributed by atoms with E-state index in [4.69, 9.17) is 28.0 Å². The number of hydrogen-bond acceptors (Lipinski definition) is 5. The quantitative estimate of drug-likeness (QED) is 0.262. The van der Waals surface area contributed by atoms with E-state index >= 15 is 0 Å². The van der Waals surface area contributed by atoms with Crippen LogP contribution in [0.3, 0.4) is 0 Å². The van der Waals surface area contributed by atoms with E-state index in [1.807, 2.05) is 0 Å². The second-order valence-electron chi connectivity index (χ2n) is 5.11. The summed E-state index contributed by atoms with van der Waals surface area (Å²) in [7, 11) is 0. The average Bonchev–Trinajstić information content (AvgIpc) is 2.59. The number of alkyl halides is 3. The Labute approximate surface area is 156 Å². The molecule has 0 radical (unpaired) electrons. The van der Waals surface area contributed by atoms with Crippen LogP contribution in [0.2, 0.25) is 0 Å². The van der Waals surface area contributed by atoms with Gasteiger partial charge in [-0.1, -0.05) is 30.4 Å². The summed E-state index contributed by atoms with van der Waals surface area (Å²) in [6, 6.07) is 9.85. The summed E-state index contributed by atoms with van der Waals surface area (Å²) in [6.07, 6.45) is -3.42. The van der Waals surface area contributed by atoms with E-state index in [9.17, 15) is 23.3 Å². The molecule has 2 N–H and O–H groups in total. The highest BCUT2D eigenvalue weighted by atomic mass is 32.1. The van der Waals surface area contributed by atoms with E-state index in [1.54, 1.807) is 18.2 Å². The molecule has 0 fully saturated rings. The van der Waals surface area contributed by atoms with Crippen molar-refractivity contribution in [1.82, 2.24) is 0 Å².